The number of carbonyl (C=O) groups is 2. The van der Waals surface area contributed by atoms with Crippen molar-refractivity contribution in [3.05, 3.63) is 28.8 Å². The third-order valence-corrected chi connectivity index (χ3v) is 4.54. The van der Waals surface area contributed by atoms with Crippen LogP contribution in [0.25, 0.3) is 0 Å². The van der Waals surface area contributed by atoms with Gasteiger partial charge in [-0.1, -0.05) is 22.0 Å². The molecule has 0 aliphatic carbocycles. The average molecular weight is 326 g/mol. The molecule has 0 spiro atoms. The molecule has 1 atom stereocenters. The van der Waals surface area contributed by atoms with Gasteiger partial charge in [0, 0.05) is 18.3 Å². The fourth-order valence-corrected chi connectivity index (χ4v) is 2.86. The lowest BCUT2D eigenvalue weighted by Gasteiger charge is -2.22. The van der Waals surface area contributed by atoms with E-state index in [9.17, 15) is 14.7 Å². The Kier molecular flexibility index (Phi) is 3.94. The lowest BCUT2D eigenvalue weighted by molar-refractivity contribution is -0.117. The maximum Gasteiger partial charge on any atom is 0.337 e. The third-order valence-electron chi connectivity index (χ3n) is 3.63. The zero-order valence-corrected chi connectivity index (χ0v) is 12.5. The molecule has 102 valence electrons. The zero-order valence-electron chi connectivity index (χ0n) is 10.9. The van der Waals surface area contributed by atoms with Crippen LogP contribution in [-0.4, -0.2) is 28.9 Å². The molecule has 1 heterocycles. The average Bonchev–Trinajstić information content (AvgIpc) is 2.73. The van der Waals surface area contributed by atoms with Crippen molar-refractivity contribution in [3.8, 4) is 0 Å². The second-order valence-electron chi connectivity index (χ2n) is 4.94. The number of carboxylic acid groups (broad SMARTS) is 1. The number of amides is 1. The maximum atomic E-state index is 12.1. The fraction of sp³-hybridized carbons (Fsp3) is 0.429. The first-order chi connectivity index (χ1) is 8.95. The number of hydrogen-bond acceptors (Lipinski definition) is 2. The highest BCUT2D eigenvalue weighted by molar-refractivity contribution is 9.09. The Balaban J connectivity index is 2.52. The molecule has 2 rings (SSSR count). The molecule has 19 heavy (non-hydrogen) atoms. The van der Waals surface area contributed by atoms with Crippen LogP contribution in [0.4, 0.5) is 5.69 Å². The van der Waals surface area contributed by atoms with E-state index in [1.54, 1.807) is 17.0 Å². The Bertz CT molecular complexity index is 542. The molecule has 1 fully saturated rings. The third kappa shape index (κ3) is 2.52. The number of halogens is 1. The summed E-state index contributed by atoms with van der Waals surface area (Å²) in [4.78, 5) is 25.1. The van der Waals surface area contributed by atoms with Gasteiger partial charge in [-0.05, 0) is 37.0 Å². The van der Waals surface area contributed by atoms with Crippen molar-refractivity contribution < 1.29 is 14.7 Å². The molecule has 0 aromatic heterocycles. The number of carbonyl (C=O) groups excluding carboxylic acids is 1. The predicted molar refractivity (Wildman–Crippen MR) is 77.1 cm³/mol. The van der Waals surface area contributed by atoms with E-state index >= 15 is 0 Å². The number of rotatable bonds is 3. The van der Waals surface area contributed by atoms with Crippen molar-refractivity contribution >= 4 is 33.5 Å². The molecule has 1 aromatic carbocycles. The summed E-state index contributed by atoms with van der Waals surface area (Å²) in [5.41, 5.74) is 2.62. The van der Waals surface area contributed by atoms with E-state index in [2.05, 4.69) is 15.9 Å². The minimum atomic E-state index is -0.992. The van der Waals surface area contributed by atoms with E-state index in [4.69, 9.17) is 0 Å². The second kappa shape index (κ2) is 5.33. The summed E-state index contributed by atoms with van der Waals surface area (Å²) in [5.74, 6) is -0.747. The molecule has 0 saturated carbocycles. The van der Waals surface area contributed by atoms with Gasteiger partial charge in [0.25, 0.3) is 0 Å². The summed E-state index contributed by atoms with van der Waals surface area (Å²) in [7, 11) is 0. The molecule has 5 heteroatoms. The first-order valence-corrected chi connectivity index (χ1v) is 7.27. The number of carboxylic acids is 1. The minimum absolute atomic E-state index is 0.000602. The smallest absolute Gasteiger partial charge is 0.337 e. The van der Waals surface area contributed by atoms with Crippen molar-refractivity contribution in [2.45, 2.75) is 20.3 Å². The van der Waals surface area contributed by atoms with Crippen molar-refractivity contribution in [2.24, 2.45) is 5.92 Å². The van der Waals surface area contributed by atoms with Gasteiger partial charge in [0.05, 0.1) is 11.3 Å². The Morgan fingerprint density at radius 3 is 2.68 bits per heavy atom. The van der Waals surface area contributed by atoms with Gasteiger partial charge in [-0.3, -0.25) is 4.79 Å². The number of anilines is 1. The summed E-state index contributed by atoms with van der Waals surface area (Å²) >= 11 is 3.39. The fourth-order valence-electron chi connectivity index (χ4n) is 2.42. The van der Waals surface area contributed by atoms with Gasteiger partial charge in [0.15, 0.2) is 0 Å². The lowest BCUT2D eigenvalue weighted by atomic mass is 10.0. The molecule has 4 nitrogen and oxygen atoms in total. The summed E-state index contributed by atoms with van der Waals surface area (Å²) in [6, 6.07) is 3.36. The topological polar surface area (TPSA) is 57.6 Å². The van der Waals surface area contributed by atoms with E-state index < -0.39 is 5.97 Å². The van der Waals surface area contributed by atoms with Crippen LogP contribution in [0.5, 0.6) is 0 Å². The van der Waals surface area contributed by atoms with E-state index in [0.29, 0.717) is 18.7 Å². The van der Waals surface area contributed by atoms with Crippen LogP contribution < -0.4 is 4.90 Å². The van der Waals surface area contributed by atoms with E-state index in [-0.39, 0.29) is 17.4 Å². The van der Waals surface area contributed by atoms with Gasteiger partial charge < -0.3 is 10.0 Å². The van der Waals surface area contributed by atoms with Gasteiger partial charge in [-0.2, -0.15) is 0 Å². The van der Waals surface area contributed by atoms with Crippen LogP contribution in [0.2, 0.25) is 0 Å². The lowest BCUT2D eigenvalue weighted by Crippen LogP contribution is -2.28. The molecule has 1 aromatic rings. The highest BCUT2D eigenvalue weighted by Gasteiger charge is 2.33. The number of aryl methyl sites for hydroxylation is 1. The molecule has 1 amide bonds. The molecule has 1 aliphatic heterocycles. The predicted octanol–water partition coefficient (Wildman–Crippen LogP) is 2.75. The zero-order chi connectivity index (χ0) is 14.2. The first-order valence-electron chi connectivity index (χ1n) is 6.15. The molecule has 1 unspecified atom stereocenters. The van der Waals surface area contributed by atoms with Crippen molar-refractivity contribution in [1.82, 2.24) is 0 Å². The van der Waals surface area contributed by atoms with Crippen LogP contribution >= 0.6 is 15.9 Å². The summed E-state index contributed by atoms with van der Waals surface area (Å²) < 4.78 is 0. The molecular weight excluding hydrogens is 310 g/mol. The first kappa shape index (κ1) is 14.1. The van der Waals surface area contributed by atoms with Gasteiger partial charge in [0.2, 0.25) is 5.91 Å². The van der Waals surface area contributed by atoms with Crippen LogP contribution in [0.3, 0.4) is 0 Å². The molecule has 1 N–H and O–H groups in total. The van der Waals surface area contributed by atoms with Crippen molar-refractivity contribution in [1.29, 1.82) is 0 Å². The highest BCUT2D eigenvalue weighted by Crippen LogP contribution is 2.33. The van der Waals surface area contributed by atoms with Gasteiger partial charge in [-0.25, -0.2) is 4.79 Å². The molecule has 1 aliphatic rings. The monoisotopic (exact) mass is 325 g/mol. The quantitative estimate of drug-likeness (QED) is 0.869. The van der Waals surface area contributed by atoms with Crippen molar-refractivity contribution in [2.75, 3.05) is 16.8 Å². The number of hydrogen-bond donors (Lipinski definition) is 1. The number of alkyl halides is 1. The normalized spacial score (nSPS) is 19.0. The largest absolute Gasteiger partial charge is 0.478 e. The number of nitrogens with zero attached hydrogens (tertiary/aromatic N) is 1. The van der Waals surface area contributed by atoms with Crippen LogP contribution in [-0.2, 0) is 4.79 Å². The molecule has 1 saturated heterocycles. The maximum absolute atomic E-state index is 12.1. The van der Waals surface area contributed by atoms with Gasteiger partial charge >= 0.3 is 5.97 Å². The minimum Gasteiger partial charge on any atom is -0.478 e. The van der Waals surface area contributed by atoms with Crippen LogP contribution in [0.15, 0.2) is 12.1 Å². The Morgan fingerprint density at radius 1 is 1.47 bits per heavy atom. The molecular formula is C14H16BrNO3. The van der Waals surface area contributed by atoms with Crippen LogP contribution in [0, 0.1) is 19.8 Å². The van der Waals surface area contributed by atoms with E-state index in [0.717, 1.165) is 16.5 Å². The number of benzene rings is 1. The Morgan fingerprint density at radius 2 is 2.16 bits per heavy atom. The summed E-state index contributed by atoms with van der Waals surface area (Å²) in [5, 5.41) is 10.1. The molecule has 0 bridgehead atoms. The number of aromatic carboxylic acids is 1. The highest BCUT2D eigenvalue weighted by atomic mass is 79.9. The van der Waals surface area contributed by atoms with E-state index in [1.807, 2.05) is 13.8 Å². The molecule has 0 radical (unpaired) electrons. The van der Waals surface area contributed by atoms with E-state index in [1.165, 1.54) is 0 Å². The van der Waals surface area contributed by atoms with Crippen molar-refractivity contribution in [3.63, 3.8) is 0 Å². The standard InChI is InChI=1S/C14H16BrNO3/c1-8-3-4-11(14(18)19)13(9(8)2)16-7-10(6-15)5-12(16)17/h3-4,10H,5-7H2,1-2H3,(H,18,19). The SMILES string of the molecule is Cc1ccc(C(=O)O)c(N2CC(CBr)CC2=O)c1C. The van der Waals surface area contributed by atoms with Crippen LogP contribution in [0.1, 0.15) is 27.9 Å². The summed E-state index contributed by atoms with van der Waals surface area (Å²) in [6.45, 7) is 4.37. The van der Waals surface area contributed by atoms with Gasteiger partial charge in [0.1, 0.15) is 0 Å². The Labute approximate surface area is 120 Å². The second-order valence-corrected chi connectivity index (χ2v) is 5.59. The summed E-state index contributed by atoms with van der Waals surface area (Å²) in [6.07, 6.45) is 0.470. The van der Waals surface area contributed by atoms with Gasteiger partial charge in [-0.15, -0.1) is 0 Å². The Hall–Kier alpha value is -1.36.